The Kier molecular flexibility index (Phi) is 2.78. The fourth-order valence-electron chi connectivity index (χ4n) is 1.29. The third-order valence-corrected chi connectivity index (χ3v) is 2.49. The summed E-state index contributed by atoms with van der Waals surface area (Å²) in [5.74, 6) is 1.30. The zero-order valence-electron chi connectivity index (χ0n) is 9.05. The second-order valence-electron chi connectivity index (χ2n) is 3.76. The number of nitrogens with two attached hydrogens (primary N) is 1. The molecule has 2 rings (SSSR count). The second-order valence-corrected chi connectivity index (χ2v) is 4.17. The van der Waals surface area contributed by atoms with E-state index in [4.69, 9.17) is 17.3 Å². The van der Waals surface area contributed by atoms with E-state index in [0.29, 0.717) is 22.6 Å². The first-order chi connectivity index (χ1) is 7.58. The average Bonchev–Trinajstić information content (AvgIpc) is 2.59. The van der Waals surface area contributed by atoms with Crippen molar-refractivity contribution in [1.29, 1.82) is 0 Å². The van der Waals surface area contributed by atoms with Gasteiger partial charge in [0, 0.05) is 11.8 Å². The lowest BCUT2D eigenvalue weighted by Gasteiger charge is -2.05. The van der Waals surface area contributed by atoms with Crippen LogP contribution in [0.3, 0.4) is 0 Å². The highest BCUT2D eigenvalue weighted by molar-refractivity contribution is 6.32. The Hall–Kier alpha value is -1.62. The zero-order chi connectivity index (χ0) is 11.7. The number of anilines is 1. The maximum Gasteiger partial charge on any atom is 0.164 e. The lowest BCUT2D eigenvalue weighted by atomic mass is 10.1. The summed E-state index contributed by atoms with van der Waals surface area (Å²) in [6.07, 6.45) is 3.14. The minimum Gasteiger partial charge on any atom is -0.381 e. The number of halogens is 1. The maximum absolute atomic E-state index is 5.83. The van der Waals surface area contributed by atoms with Crippen LogP contribution in [0, 0.1) is 0 Å². The van der Waals surface area contributed by atoms with Gasteiger partial charge in [0.2, 0.25) is 0 Å². The van der Waals surface area contributed by atoms with Gasteiger partial charge in [-0.15, -0.1) is 5.10 Å². The SMILES string of the molecule is CC(C)c1cc(-n2cc(Cl)c(N)n2)ncn1. The van der Waals surface area contributed by atoms with E-state index in [0.717, 1.165) is 5.69 Å². The molecule has 6 heteroatoms. The molecule has 0 bridgehead atoms. The molecule has 2 heterocycles. The first kappa shape index (κ1) is 10.9. The highest BCUT2D eigenvalue weighted by atomic mass is 35.5. The van der Waals surface area contributed by atoms with Crippen molar-refractivity contribution < 1.29 is 0 Å². The van der Waals surface area contributed by atoms with Gasteiger partial charge < -0.3 is 5.73 Å². The third kappa shape index (κ3) is 1.99. The molecule has 2 aromatic rings. The monoisotopic (exact) mass is 237 g/mol. The first-order valence-electron chi connectivity index (χ1n) is 4.91. The fourth-order valence-corrected chi connectivity index (χ4v) is 1.42. The van der Waals surface area contributed by atoms with Crippen LogP contribution in [-0.4, -0.2) is 19.7 Å². The van der Waals surface area contributed by atoms with Crippen LogP contribution in [0.2, 0.25) is 5.02 Å². The van der Waals surface area contributed by atoms with Gasteiger partial charge in [0.05, 0.1) is 6.20 Å². The van der Waals surface area contributed by atoms with Crippen LogP contribution < -0.4 is 5.73 Å². The fraction of sp³-hybridized carbons (Fsp3) is 0.300. The van der Waals surface area contributed by atoms with Crippen molar-refractivity contribution >= 4 is 17.4 Å². The first-order valence-corrected chi connectivity index (χ1v) is 5.28. The van der Waals surface area contributed by atoms with E-state index in [1.54, 1.807) is 10.9 Å². The quantitative estimate of drug-likeness (QED) is 0.868. The van der Waals surface area contributed by atoms with E-state index in [1.807, 2.05) is 6.07 Å². The number of hydrogen-bond donors (Lipinski definition) is 1. The second kappa shape index (κ2) is 4.09. The zero-order valence-corrected chi connectivity index (χ0v) is 9.81. The molecule has 0 aliphatic carbocycles. The summed E-state index contributed by atoms with van der Waals surface area (Å²) >= 11 is 5.83. The largest absolute Gasteiger partial charge is 0.381 e. The minimum atomic E-state index is 0.298. The van der Waals surface area contributed by atoms with Crippen LogP contribution in [0.5, 0.6) is 0 Å². The van der Waals surface area contributed by atoms with Crippen molar-refractivity contribution in [2.75, 3.05) is 5.73 Å². The molecule has 0 atom stereocenters. The van der Waals surface area contributed by atoms with Crippen LogP contribution in [0.4, 0.5) is 5.82 Å². The minimum absolute atomic E-state index is 0.298. The predicted octanol–water partition coefficient (Wildman–Crippen LogP) is 2.02. The van der Waals surface area contributed by atoms with Gasteiger partial charge >= 0.3 is 0 Å². The molecule has 2 N–H and O–H groups in total. The van der Waals surface area contributed by atoms with E-state index in [9.17, 15) is 0 Å². The van der Waals surface area contributed by atoms with Crippen LogP contribution in [0.15, 0.2) is 18.6 Å². The number of nitrogen functional groups attached to an aromatic ring is 1. The van der Waals surface area contributed by atoms with Gasteiger partial charge in [0.15, 0.2) is 11.6 Å². The Labute approximate surface area is 98.3 Å². The smallest absolute Gasteiger partial charge is 0.164 e. The molecule has 0 amide bonds. The maximum atomic E-state index is 5.83. The number of aromatic nitrogens is 4. The molecule has 16 heavy (non-hydrogen) atoms. The van der Waals surface area contributed by atoms with Gasteiger partial charge in [-0.1, -0.05) is 25.4 Å². The third-order valence-electron chi connectivity index (χ3n) is 2.20. The lowest BCUT2D eigenvalue weighted by molar-refractivity contribution is 0.785. The molecule has 0 aliphatic rings. The highest BCUT2D eigenvalue weighted by Gasteiger charge is 2.08. The lowest BCUT2D eigenvalue weighted by Crippen LogP contribution is -2.02. The summed E-state index contributed by atoms with van der Waals surface area (Å²) < 4.78 is 1.55. The van der Waals surface area contributed by atoms with Gasteiger partial charge in [-0.25, -0.2) is 14.6 Å². The summed E-state index contributed by atoms with van der Waals surface area (Å²) in [5.41, 5.74) is 6.52. The Balaban J connectivity index is 2.44. The number of hydrogen-bond acceptors (Lipinski definition) is 4. The van der Waals surface area contributed by atoms with Gasteiger partial charge in [-0.2, -0.15) is 0 Å². The Morgan fingerprint density at radius 3 is 2.69 bits per heavy atom. The van der Waals surface area contributed by atoms with Gasteiger partial charge in [0.1, 0.15) is 11.3 Å². The van der Waals surface area contributed by atoms with E-state index < -0.39 is 0 Å². The summed E-state index contributed by atoms with van der Waals surface area (Å²) in [7, 11) is 0. The van der Waals surface area contributed by atoms with Crippen molar-refractivity contribution in [2.45, 2.75) is 19.8 Å². The molecule has 0 spiro atoms. The molecule has 0 saturated carbocycles. The molecule has 84 valence electrons. The Bertz CT molecular complexity index is 486. The Morgan fingerprint density at radius 1 is 1.38 bits per heavy atom. The molecule has 5 nitrogen and oxygen atoms in total. The number of rotatable bonds is 2. The normalized spacial score (nSPS) is 11.0. The van der Waals surface area contributed by atoms with E-state index in [-0.39, 0.29) is 0 Å². The molecule has 0 fully saturated rings. The molecular weight excluding hydrogens is 226 g/mol. The van der Waals surface area contributed by atoms with Crippen LogP contribution in [0.25, 0.3) is 5.82 Å². The summed E-state index contributed by atoms with van der Waals surface area (Å²) in [4.78, 5) is 8.30. The van der Waals surface area contributed by atoms with Crippen molar-refractivity contribution in [3.63, 3.8) is 0 Å². The standard InChI is InChI=1S/C10H12ClN5/c1-6(2)8-3-9(14-5-13-8)16-4-7(11)10(12)15-16/h3-6H,1-2H3,(H2,12,15). The molecule has 0 aromatic carbocycles. The molecular formula is C10H12ClN5. The van der Waals surface area contributed by atoms with Crippen LogP contribution >= 0.6 is 11.6 Å². The van der Waals surface area contributed by atoms with Crippen molar-refractivity contribution in [3.8, 4) is 5.82 Å². The van der Waals surface area contributed by atoms with E-state index in [1.165, 1.54) is 6.33 Å². The van der Waals surface area contributed by atoms with Gasteiger partial charge in [-0.05, 0) is 5.92 Å². The van der Waals surface area contributed by atoms with Crippen LogP contribution in [-0.2, 0) is 0 Å². The summed E-state index contributed by atoms with van der Waals surface area (Å²) in [5, 5.41) is 4.47. The molecule has 0 unspecified atom stereocenters. The van der Waals surface area contributed by atoms with Crippen molar-refractivity contribution in [1.82, 2.24) is 19.7 Å². The molecule has 0 aliphatic heterocycles. The average molecular weight is 238 g/mol. The summed E-state index contributed by atoms with van der Waals surface area (Å²) in [6.45, 7) is 4.13. The molecule has 2 aromatic heterocycles. The molecule has 0 saturated heterocycles. The highest BCUT2D eigenvalue weighted by Crippen LogP contribution is 2.19. The van der Waals surface area contributed by atoms with E-state index in [2.05, 4.69) is 28.9 Å². The van der Waals surface area contributed by atoms with Crippen LogP contribution in [0.1, 0.15) is 25.5 Å². The van der Waals surface area contributed by atoms with Crippen molar-refractivity contribution in [3.05, 3.63) is 29.3 Å². The van der Waals surface area contributed by atoms with Crippen molar-refractivity contribution in [2.24, 2.45) is 0 Å². The summed E-state index contributed by atoms with van der Waals surface area (Å²) in [6, 6.07) is 1.87. The molecule has 0 radical (unpaired) electrons. The van der Waals surface area contributed by atoms with Gasteiger partial charge in [-0.3, -0.25) is 0 Å². The predicted molar refractivity (Wildman–Crippen MR) is 62.7 cm³/mol. The Morgan fingerprint density at radius 2 is 2.12 bits per heavy atom. The van der Waals surface area contributed by atoms with Gasteiger partial charge in [0.25, 0.3) is 0 Å². The number of nitrogens with zero attached hydrogens (tertiary/aromatic N) is 4. The topological polar surface area (TPSA) is 69.6 Å². The van der Waals surface area contributed by atoms with E-state index >= 15 is 0 Å².